The smallest absolute Gasteiger partial charge is 0.178 e. The van der Waals surface area contributed by atoms with Crippen molar-refractivity contribution in [1.29, 1.82) is 0 Å². The lowest BCUT2D eigenvalue weighted by molar-refractivity contribution is 0.556. The van der Waals surface area contributed by atoms with Crippen molar-refractivity contribution in [2.45, 2.75) is 32.9 Å². The van der Waals surface area contributed by atoms with Crippen molar-refractivity contribution in [3.05, 3.63) is 47.3 Å². The second-order valence-electron chi connectivity index (χ2n) is 5.11. The SMILES string of the molecule is Cc1ccc2[nH]c(=S)n(CCCCn3ccnc3)c2c1. The first kappa shape index (κ1) is 13.1. The van der Waals surface area contributed by atoms with Gasteiger partial charge in [0.15, 0.2) is 4.77 Å². The third-order valence-corrected chi connectivity index (χ3v) is 3.86. The molecule has 0 spiro atoms. The van der Waals surface area contributed by atoms with Crippen molar-refractivity contribution < 1.29 is 0 Å². The van der Waals surface area contributed by atoms with Gasteiger partial charge in [0.2, 0.25) is 0 Å². The van der Waals surface area contributed by atoms with Crippen LogP contribution >= 0.6 is 12.2 Å². The Balaban J connectivity index is 1.69. The molecule has 0 atom stereocenters. The highest BCUT2D eigenvalue weighted by Gasteiger charge is 2.04. The van der Waals surface area contributed by atoms with E-state index in [1.165, 1.54) is 11.1 Å². The van der Waals surface area contributed by atoms with E-state index in [9.17, 15) is 0 Å². The van der Waals surface area contributed by atoms with Crippen molar-refractivity contribution >= 4 is 23.3 Å². The lowest BCUT2D eigenvalue weighted by atomic mass is 10.2. The zero-order valence-electron chi connectivity index (χ0n) is 11.5. The van der Waals surface area contributed by atoms with Crippen LogP contribution in [0.2, 0.25) is 0 Å². The van der Waals surface area contributed by atoms with Crippen LogP contribution in [-0.4, -0.2) is 19.1 Å². The molecule has 1 N–H and O–H groups in total. The van der Waals surface area contributed by atoms with Crippen molar-refractivity contribution in [1.82, 2.24) is 19.1 Å². The Hall–Kier alpha value is -1.88. The summed E-state index contributed by atoms with van der Waals surface area (Å²) in [6.07, 6.45) is 7.91. The van der Waals surface area contributed by atoms with Crippen LogP contribution in [0.3, 0.4) is 0 Å². The molecule has 0 amide bonds. The normalized spacial score (nSPS) is 11.2. The largest absolute Gasteiger partial charge is 0.337 e. The summed E-state index contributed by atoms with van der Waals surface area (Å²) in [4.78, 5) is 7.32. The first-order valence-corrected chi connectivity index (χ1v) is 7.30. The molecule has 0 aliphatic carbocycles. The van der Waals surface area contributed by atoms with E-state index in [1.807, 2.05) is 18.7 Å². The van der Waals surface area contributed by atoms with Gasteiger partial charge in [-0.2, -0.15) is 0 Å². The van der Waals surface area contributed by atoms with Crippen LogP contribution < -0.4 is 0 Å². The zero-order chi connectivity index (χ0) is 13.9. The number of benzene rings is 1. The Morgan fingerprint density at radius 2 is 2.10 bits per heavy atom. The number of H-pyrrole nitrogens is 1. The Morgan fingerprint density at radius 3 is 2.90 bits per heavy atom. The minimum absolute atomic E-state index is 0.813. The maximum atomic E-state index is 5.42. The highest BCUT2D eigenvalue weighted by atomic mass is 32.1. The molecular weight excluding hydrogens is 268 g/mol. The molecule has 5 heteroatoms. The molecule has 0 radical (unpaired) electrons. The van der Waals surface area contributed by atoms with Gasteiger partial charge < -0.3 is 14.1 Å². The van der Waals surface area contributed by atoms with Crippen LogP contribution in [0.25, 0.3) is 11.0 Å². The molecule has 2 heterocycles. The first-order chi connectivity index (χ1) is 9.74. The molecule has 1 aromatic carbocycles. The highest BCUT2D eigenvalue weighted by Crippen LogP contribution is 2.16. The predicted molar refractivity (Wildman–Crippen MR) is 83.3 cm³/mol. The maximum Gasteiger partial charge on any atom is 0.178 e. The van der Waals surface area contributed by atoms with Crippen LogP contribution in [0.15, 0.2) is 36.9 Å². The second kappa shape index (κ2) is 5.63. The molecular formula is C15H18N4S. The third kappa shape index (κ3) is 2.67. The van der Waals surface area contributed by atoms with E-state index in [-0.39, 0.29) is 0 Å². The quantitative estimate of drug-likeness (QED) is 0.574. The summed E-state index contributed by atoms with van der Waals surface area (Å²) in [5, 5.41) is 0. The van der Waals surface area contributed by atoms with Crippen LogP contribution in [0.4, 0.5) is 0 Å². The number of fused-ring (bicyclic) bond motifs is 1. The highest BCUT2D eigenvalue weighted by molar-refractivity contribution is 7.71. The van der Waals surface area contributed by atoms with Crippen molar-refractivity contribution in [2.24, 2.45) is 0 Å². The summed E-state index contributed by atoms with van der Waals surface area (Å²) in [5.41, 5.74) is 3.59. The molecule has 0 aliphatic rings. The second-order valence-corrected chi connectivity index (χ2v) is 5.50. The topological polar surface area (TPSA) is 38.5 Å². The Kier molecular flexibility index (Phi) is 3.69. The Morgan fingerprint density at radius 1 is 1.25 bits per heavy atom. The van der Waals surface area contributed by atoms with Gasteiger partial charge in [-0.05, 0) is 49.7 Å². The fourth-order valence-electron chi connectivity index (χ4n) is 2.47. The molecule has 0 saturated heterocycles. The number of unbranched alkanes of at least 4 members (excludes halogenated alkanes) is 1. The summed E-state index contributed by atoms with van der Waals surface area (Å²) < 4.78 is 5.12. The first-order valence-electron chi connectivity index (χ1n) is 6.89. The number of aryl methyl sites for hydroxylation is 3. The van der Waals surface area contributed by atoms with Crippen molar-refractivity contribution in [3.63, 3.8) is 0 Å². The van der Waals surface area contributed by atoms with Gasteiger partial charge >= 0.3 is 0 Å². The van der Waals surface area contributed by atoms with E-state index in [1.54, 1.807) is 0 Å². The van der Waals surface area contributed by atoms with Crippen molar-refractivity contribution in [3.8, 4) is 0 Å². The molecule has 0 saturated carbocycles. The lowest BCUT2D eigenvalue weighted by Crippen LogP contribution is -2.01. The van der Waals surface area contributed by atoms with E-state index < -0.39 is 0 Å². The summed E-state index contributed by atoms with van der Waals surface area (Å²) in [6, 6.07) is 6.40. The average molecular weight is 286 g/mol. The minimum Gasteiger partial charge on any atom is -0.337 e. The number of imidazole rings is 2. The Bertz CT molecular complexity index is 752. The number of nitrogens with zero attached hydrogens (tertiary/aromatic N) is 3. The average Bonchev–Trinajstić information content (AvgIpc) is 3.03. The monoisotopic (exact) mass is 286 g/mol. The fraction of sp³-hybridized carbons (Fsp3) is 0.333. The van der Waals surface area contributed by atoms with E-state index >= 15 is 0 Å². The van der Waals surface area contributed by atoms with E-state index in [4.69, 9.17) is 12.2 Å². The lowest BCUT2D eigenvalue weighted by Gasteiger charge is -2.06. The predicted octanol–water partition coefficient (Wildman–Crippen LogP) is 3.68. The molecule has 0 unspecified atom stereocenters. The van der Waals surface area contributed by atoms with Crippen LogP contribution in [-0.2, 0) is 13.1 Å². The molecule has 3 aromatic rings. The van der Waals surface area contributed by atoms with E-state index in [0.717, 1.165) is 36.2 Å². The van der Waals surface area contributed by atoms with Gasteiger partial charge in [0.05, 0.1) is 17.4 Å². The van der Waals surface area contributed by atoms with Crippen LogP contribution in [0, 0.1) is 11.7 Å². The standard InChI is InChI=1S/C15H18N4S/c1-12-4-5-13-14(10-12)19(15(20)17-13)8-3-2-7-18-9-6-16-11-18/h4-6,9-11H,2-3,7-8H2,1H3,(H,17,20). The molecule has 0 bridgehead atoms. The summed E-state index contributed by atoms with van der Waals surface area (Å²) >= 11 is 5.42. The van der Waals surface area contributed by atoms with E-state index in [2.05, 4.69) is 44.2 Å². The van der Waals surface area contributed by atoms with Gasteiger partial charge in [0.25, 0.3) is 0 Å². The molecule has 2 aromatic heterocycles. The number of aromatic nitrogens is 4. The molecule has 20 heavy (non-hydrogen) atoms. The molecule has 3 rings (SSSR count). The molecule has 4 nitrogen and oxygen atoms in total. The number of hydrogen-bond acceptors (Lipinski definition) is 2. The van der Waals surface area contributed by atoms with Gasteiger partial charge in [0, 0.05) is 25.5 Å². The molecule has 0 fully saturated rings. The molecule has 0 aliphatic heterocycles. The fourth-order valence-corrected chi connectivity index (χ4v) is 2.77. The summed E-state index contributed by atoms with van der Waals surface area (Å²) in [5.74, 6) is 0. The van der Waals surface area contributed by atoms with Gasteiger partial charge in [-0.3, -0.25) is 0 Å². The summed E-state index contributed by atoms with van der Waals surface area (Å²) in [6.45, 7) is 4.07. The number of hydrogen-bond donors (Lipinski definition) is 1. The van der Waals surface area contributed by atoms with Crippen molar-refractivity contribution in [2.75, 3.05) is 0 Å². The van der Waals surface area contributed by atoms with Crippen LogP contribution in [0.5, 0.6) is 0 Å². The number of aromatic amines is 1. The maximum absolute atomic E-state index is 5.42. The van der Waals surface area contributed by atoms with Gasteiger partial charge in [-0.1, -0.05) is 6.07 Å². The number of rotatable bonds is 5. The van der Waals surface area contributed by atoms with Crippen LogP contribution in [0.1, 0.15) is 18.4 Å². The van der Waals surface area contributed by atoms with Gasteiger partial charge in [-0.25, -0.2) is 4.98 Å². The third-order valence-electron chi connectivity index (χ3n) is 3.54. The van der Waals surface area contributed by atoms with Gasteiger partial charge in [0.1, 0.15) is 0 Å². The summed E-state index contributed by atoms with van der Waals surface area (Å²) in [7, 11) is 0. The molecule has 104 valence electrons. The Labute approximate surface area is 123 Å². The van der Waals surface area contributed by atoms with Gasteiger partial charge in [-0.15, -0.1) is 0 Å². The minimum atomic E-state index is 0.813. The number of nitrogens with one attached hydrogen (secondary N) is 1. The van der Waals surface area contributed by atoms with E-state index in [0.29, 0.717) is 0 Å². The zero-order valence-corrected chi connectivity index (χ0v) is 12.4.